The average Bonchev–Trinajstić information content (AvgIpc) is 3.43. The van der Waals surface area contributed by atoms with Crippen molar-refractivity contribution in [3.63, 3.8) is 0 Å². The lowest BCUT2D eigenvalue weighted by molar-refractivity contribution is -0.122. The van der Waals surface area contributed by atoms with Crippen molar-refractivity contribution >= 4 is 40.7 Å². The van der Waals surface area contributed by atoms with E-state index in [4.69, 9.17) is 9.72 Å². The minimum absolute atomic E-state index is 0.0374. The van der Waals surface area contributed by atoms with Crippen molar-refractivity contribution in [2.24, 2.45) is 0 Å². The van der Waals surface area contributed by atoms with Crippen molar-refractivity contribution in [2.75, 3.05) is 42.4 Å². The summed E-state index contributed by atoms with van der Waals surface area (Å²) in [7, 11) is 3.30. The molecule has 0 radical (unpaired) electrons. The van der Waals surface area contributed by atoms with E-state index in [2.05, 4.69) is 20.6 Å². The van der Waals surface area contributed by atoms with Crippen LogP contribution >= 0.6 is 0 Å². The number of benzene rings is 1. The van der Waals surface area contributed by atoms with Gasteiger partial charge in [-0.2, -0.15) is 4.98 Å². The number of carbonyl (C=O) groups excluding carboxylic acids is 3. The highest BCUT2D eigenvalue weighted by molar-refractivity contribution is 6.04. The summed E-state index contributed by atoms with van der Waals surface area (Å²) in [5.74, 6) is 1.58. The molecule has 0 unspecified atom stereocenters. The lowest BCUT2D eigenvalue weighted by atomic mass is 10.1. The molecule has 5 rings (SSSR count). The molecule has 2 aliphatic heterocycles. The van der Waals surface area contributed by atoms with Crippen LogP contribution in [0.3, 0.4) is 0 Å². The first-order chi connectivity index (χ1) is 17.9. The molecule has 1 atom stereocenters. The second-order valence-electron chi connectivity index (χ2n) is 9.83. The van der Waals surface area contributed by atoms with Crippen LogP contribution in [-0.2, 0) is 9.59 Å². The maximum absolute atomic E-state index is 12.9. The molecule has 2 fully saturated rings. The maximum Gasteiger partial charge on any atom is 0.265 e. The third kappa shape index (κ3) is 4.95. The summed E-state index contributed by atoms with van der Waals surface area (Å²) in [6.07, 6.45) is 6.93. The molecular weight excluding hydrogens is 474 g/mol. The molecule has 1 aliphatic carbocycles. The molecule has 1 saturated carbocycles. The summed E-state index contributed by atoms with van der Waals surface area (Å²) in [5.41, 5.74) is 4.60. The number of carbonyl (C=O) groups is 3. The second kappa shape index (κ2) is 10.3. The van der Waals surface area contributed by atoms with Crippen LogP contribution < -0.4 is 25.3 Å². The summed E-state index contributed by atoms with van der Waals surface area (Å²) in [4.78, 5) is 50.2. The van der Waals surface area contributed by atoms with Crippen molar-refractivity contribution in [1.82, 2.24) is 20.4 Å². The lowest BCUT2D eigenvalue weighted by Gasteiger charge is -2.42. The number of nitrogens with zero attached hydrogens (tertiary/aromatic N) is 5. The predicted octanol–water partition coefficient (Wildman–Crippen LogP) is 2.65. The smallest absolute Gasteiger partial charge is 0.265 e. The predicted molar refractivity (Wildman–Crippen MR) is 139 cm³/mol. The van der Waals surface area contributed by atoms with Crippen LogP contribution in [0.4, 0.5) is 23.1 Å². The topological polar surface area (TPSA) is 120 Å². The monoisotopic (exact) mass is 507 g/mol. The number of likely N-dealkylation sites (N-methyl/N-ethyl adjacent to an activating group) is 1. The van der Waals surface area contributed by atoms with E-state index < -0.39 is 0 Å². The average molecular weight is 508 g/mol. The molecule has 0 bridgehead atoms. The number of ether oxygens (including phenoxy) is 1. The van der Waals surface area contributed by atoms with Crippen LogP contribution in [-0.4, -0.2) is 71.9 Å². The molecule has 3 aliphatic rings. The Hall–Kier alpha value is -3.73. The quantitative estimate of drug-likeness (QED) is 0.608. The Morgan fingerprint density at radius 1 is 1.14 bits per heavy atom. The first-order valence-electron chi connectivity index (χ1n) is 12.8. The second-order valence-corrected chi connectivity index (χ2v) is 9.83. The van der Waals surface area contributed by atoms with E-state index in [-0.39, 0.29) is 29.7 Å². The van der Waals surface area contributed by atoms with Crippen molar-refractivity contribution in [3.8, 4) is 5.75 Å². The molecule has 0 spiro atoms. The Morgan fingerprint density at radius 2 is 1.86 bits per heavy atom. The molecule has 2 N–H and O–H groups in total. The lowest BCUT2D eigenvalue weighted by Crippen LogP contribution is -2.54. The first kappa shape index (κ1) is 24.9. The molecule has 1 aromatic carbocycles. The van der Waals surface area contributed by atoms with Crippen molar-refractivity contribution in [3.05, 3.63) is 30.0 Å². The summed E-state index contributed by atoms with van der Waals surface area (Å²) in [6, 6.07) is 5.09. The maximum atomic E-state index is 12.9. The summed E-state index contributed by atoms with van der Waals surface area (Å²) < 4.78 is 5.56. The van der Waals surface area contributed by atoms with Crippen LogP contribution in [0.5, 0.6) is 5.75 Å². The SMILES string of the molecule is COc1cc(C(=O)NN2CCC(=O)CC2)ccc1Nc1ncc2c(n1)N(C1CCCC1)[C@H](C)C(=O)N2C. The molecule has 2 amide bonds. The van der Waals surface area contributed by atoms with Crippen LogP contribution in [0, 0.1) is 0 Å². The zero-order valence-electron chi connectivity index (χ0n) is 21.5. The van der Waals surface area contributed by atoms with Crippen molar-refractivity contribution < 1.29 is 19.1 Å². The van der Waals surface area contributed by atoms with Crippen LogP contribution in [0.2, 0.25) is 0 Å². The van der Waals surface area contributed by atoms with Gasteiger partial charge in [0.2, 0.25) is 11.9 Å². The van der Waals surface area contributed by atoms with Gasteiger partial charge in [-0.1, -0.05) is 12.8 Å². The Kier molecular flexibility index (Phi) is 6.96. The number of methoxy groups -OCH3 is 1. The standard InChI is InChI=1S/C26H33N7O4/c1-16-25(36)31(2)21-15-27-26(29-23(21)33(16)18-6-4-5-7-18)28-20-9-8-17(14-22(20)37-3)24(35)30-32-12-10-19(34)11-13-32/h8-9,14-16,18H,4-7,10-13H2,1-3H3,(H,30,35)(H,27,28,29)/t16-/m1/s1. The van der Waals surface area contributed by atoms with E-state index in [1.54, 1.807) is 41.4 Å². The number of piperidine rings is 1. The van der Waals surface area contributed by atoms with Crippen LogP contribution in [0.25, 0.3) is 0 Å². The molecule has 2 aromatic rings. The fourth-order valence-corrected chi connectivity index (χ4v) is 5.36. The largest absolute Gasteiger partial charge is 0.495 e. The van der Waals surface area contributed by atoms with E-state index in [0.29, 0.717) is 54.6 Å². The number of fused-ring (bicyclic) bond motifs is 1. The number of Topliss-reactive ketones (excluding diaryl/α,β-unsaturated/α-hetero) is 1. The van der Waals surface area contributed by atoms with Crippen LogP contribution in [0.15, 0.2) is 24.4 Å². The number of rotatable bonds is 6. The van der Waals surface area contributed by atoms with Gasteiger partial charge in [-0.05, 0) is 38.0 Å². The van der Waals surface area contributed by atoms with Gasteiger partial charge in [0.05, 0.1) is 19.0 Å². The van der Waals surface area contributed by atoms with E-state index in [1.165, 1.54) is 7.11 Å². The molecule has 1 saturated heterocycles. The third-order valence-electron chi connectivity index (χ3n) is 7.47. The van der Waals surface area contributed by atoms with Crippen molar-refractivity contribution in [2.45, 2.75) is 57.5 Å². The third-order valence-corrected chi connectivity index (χ3v) is 7.47. The molecule has 3 heterocycles. The van der Waals surface area contributed by atoms with Gasteiger partial charge in [0, 0.05) is 44.6 Å². The zero-order chi connectivity index (χ0) is 26.1. The zero-order valence-corrected chi connectivity index (χ0v) is 21.5. The number of nitrogens with one attached hydrogen (secondary N) is 2. The Morgan fingerprint density at radius 3 is 2.57 bits per heavy atom. The number of hydrazine groups is 1. The molecule has 11 heteroatoms. The Bertz CT molecular complexity index is 1200. The van der Waals surface area contributed by atoms with Gasteiger partial charge in [0.15, 0.2) is 5.82 Å². The van der Waals surface area contributed by atoms with E-state index in [1.807, 2.05) is 6.92 Å². The van der Waals surface area contributed by atoms with Crippen molar-refractivity contribution in [1.29, 1.82) is 0 Å². The highest BCUT2D eigenvalue weighted by atomic mass is 16.5. The molecule has 1 aromatic heterocycles. The van der Waals surface area contributed by atoms with Gasteiger partial charge in [0.1, 0.15) is 23.3 Å². The number of anilines is 4. The van der Waals surface area contributed by atoms with Gasteiger partial charge in [-0.15, -0.1) is 0 Å². The fourth-order valence-electron chi connectivity index (χ4n) is 5.36. The number of amides is 2. The van der Waals surface area contributed by atoms with Gasteiger partial charge < -0.3 is 19.9 Å². The number of hydrogen-bond donors (Lipinski definition) is 2. The summed E-state index contributed by atoms with van der Waals surface area (Å²) in [5, 5.41) is 4.99. The molecular formula is C26H33N7O4. The highest BCUT2D eigenvalue weighted by Crippen LogP contribution is 2.39. The normalized spacial score (nSPS) is 20.7. The minimum atomic E-state index is -0.297. The molecule has 196 valence electrons. The Balaban J connectivity index is 1.37. The Labute approximate surface area is 216 Å². The summed E-state index contributed by atoms with van der Waals surface area (Å²) >= 11 is 0. The van der Waals surface area contributed by atoms with Gasteiger partial charge >= 0.3 is 0 Å². The van der Waals surface area contributed by atoms with Crippen LogP contribution in [0.1, 0.15) is 55.8 Å². The molecule has 37 heavy (non-hydrogen) atoms. The van der Waals surface area contributed by atoms with E-state index in [9.17, 15) is 14.4 Å². The number of aromatic nitrogens is 2. The molecule has 11 nitrogen and oxygen atoms in total. The fraction of sp³-hybridized carbons (Fsp3) is 0.500. The summed E-state index contributed by atoms with van der Waals surface area (Å²) in [6.45, 7) is 2.95. The van der Waals surface area contributed by atoms with Gasteiger partial charge in [0.25, 0.3) is 5.91 Å². The highest BCUT2D eigenvalue weighted by Gasteiger charge is 2.39. The minimum Gasteiger partial charge on any atom is -0.495 e. The number of ketones is 1. The first-order valence-corrected chi connectivity index (χ1v) is 12.8. The van der Waals surface area contributed by atoms with E-state index in [0.717, 1.165) is 31.5 Å². The number of hydrogen-bond acceptors (Lipinski definition) is 9. The van der Waals surface area contributed by atoms with E-state index >= 15 is 0 Å². The van der Waals surface area contributed by atoms with Gasteiger partial charge in [-0.3, -0.25) is 19.8 Å². The van der Waals surface area contributed by atoms with Gasteiger partial charge in [-0.25, -0.2) is 9.99 Å².